The van der Waals surface area contributed by atoms with Gasteiger partial charge >= 0.3 is 0 Å². The summed E-state index contributed by atoms with van der Waals surface area (Å²) in [6, 6.07) is 6.17. The number of carbonyl (C=O) groups excluding carboxylic acids is 1. The quantitative estimate of drug-likeness (QED) is 0.804. The van der Waals surface area contributed by atoms with Crippen LogP contribution in [0.5, 0.6) is 0 Å². The van der Waals surface area contributed by atoms with Crippen LogP contribution in [-0.2, 0) is 0 Å². The van der Waals surface area contributed by atoms with Crippen LogP contribution < -0.4 is 5.32 Å². The largest absolute Gasteiger partial charge is 0.396 e. The second-order valence-electron chi connectivity index (χ2n) is 4.91. The molecule has 22 heavy (non-hydrogen) atoms. The fourth-order valence-corrected chi connectivity index (χ4v) is 3.30. The molecular weight excluding hydrogens is 325 g/mol. The lowest BCUT2D eigenvalue weighted by molar-refractivity contribution is 0.0948. The van der Waals surface area contributed by atoms with Crippen LogP contribution in [-0.4, -0.2) is 24.2 Å². The van der Waals surface area contributed by atoms with E-state index in [-0.39, 0.29) is 23.1 Å². The van der Waals surface area contributed by atoms with Gasteiger partial charge in [-0.1, -0.05) is 17.7 Å². The maximum atomic E-state index is 13.7. The zero-order valence-electron chi connectivity index (χ0n) is 11.9. The van der Waals surface area contributed by atoms with Crippen LogP contribution in [0, 0.1) is 5.82 Å². The summed E-state index contributed by atoms with van der Waals surface area (Å²) >= 11 is 7.46. The zero-order chi connectivity index (χ0) is 15.9. The van der Waals surface area contributed by atoms with Crippen LogP contribution in [0.1, 0.15) is 34.7 Å². The molecule has 1 atom stereocenters. The molecule has 0 aliphatic carbocycles. The molecule has 0 saturated heterocycles. The number of carbonyl (C=O) groups is 1. The van der Waals surface area contributed by atoms with E-state index in [4.69, 9.17) is 16.7 Å². The molecule has 0 bridgehead atoms. The van der Waals surface area contributed by atoms with Gasteiger partial charge in [0.25, 0.3) is 5.91 Å². The van der Waals surface area contributed by atoms with Crippen molar-refractivity contribution in [3.63, 3.8) is 0 Å². The molecule has 0 aliphatic rings. The fourth-order valence-electron chi connectivity index (χ4n) is 2.30. The van der Waals surface area contributed by atoms with Crippen molar-refractivity contribution >= 4 is 28.8 Å². The highest BCUT2D eigenvalue weighted by molar-refractivity contribution is 7.07. The molecule has 0 aliphatic heterocycles. The monoisotopic (exact) mass is 341 g/mol. The minimum atomic E-state index is -0.630. The van der Waals surface area contributed by atoms with Gasteiger partial charge in [0.2, 0.25) is 0 Å². The van der Waals surface area contributed by atoms with Gasteiger partial charge in [-0.25, -0.2) is 4.39 Å². The number of hydrogen-bond acceptors (Lipinski definition) is 3. The summed E-state index contributed by atoms with van der Waals surface area (Å²) in [5, 5.41) is 16.0. The highest BCUT2D eigenvalue weighted by Crippen LogP contribution is 2.25. The van der Waals surface area contributed by atoms with Crippen LogP contribution in [0.2, 0.25) is 5.02 Å². The molecule has 118 valence electrons. The first-order chi connectivity index (χ1) is 10.6. The van der Waals surface area contributed by atoms with Crippen molar-refractivity contribution in [2.45, 2.75) is 18.8 Å². The van der Waals surface area contributed by atoms with E-state index in [0.717, 1.165) is 5.56 Å². The van der Waals surface area contributed by atoms with Gasteiger partial charge in [0.1, 0.15) is 5.82 Å². The van der Waals surface area contributed by atoms with E-state index < -0.39 is 11.7 Å². The maximum Gasteiger partial charge on any atom is 0.255 e. The fraction of sp³-hybridized carbons (Fsp3) is 0.312. The van der Waals surface area contributed by atoms with E-state index in [1.807, 2.05) is 16.8 Å². The van der Waals surface area contributed by atoms with E-state index in [9.17, 15) is 9.18 Å². The Morgan fingerprint density at radius 2 is 2.18 bits per heavy atom. The van der Waals surface area contributed by atoms with Crippen molar-refractivity contribution in [1.82, 2.24) is 5.32 Å². The van der Waals surface area contributed by atoms with Crippen molar-refractivity contribution < 1.29 is 14.3 Å². The van der Waals surface area contributed by atoms with Gasteiger partial charge in [-0.3, -0.25) is 4.79 Å². The predicted molar refractivity (Wildman–Crippen MR) is 87.1 cm³/mol. The average Bonchev–Trinajstić information content (AvgIpc) is 3.00. The Kier molecular flexibility index (Phi) is 6.36. The first-order valence-electron chi connectivity index (χ1n) is 6.98. The second-order valence-corrected chi connectivity index (χ2v) is 6.09. The standard InChI is InChI=1S/C16H17ClFNO2S/c17-13-2-1-3-14(18)15(13)16(21)19-7-4-11(5-8-20)12-6-9-22-10-12/h1-3,6,9-11,20H,4-5,7-8H2,(H,19,21)/t11-/m1/s1. The minimum Gasteiger partial charge on any atom is -0.396 e. The first-order valence-corrected chi connectivity index (χ1v) is 8.30. The predicted octanol–water partition coefficient (Wildman–Crippen LogP) is 3.83. The number of aliphatic hydroxyl groups is 1. The molecule has 0 fully saturated rings. The molecule has 0 unspecified atom stereocenters. The number of thiophene rings is 1. The summed E-state index contributed by atoms with van der Waals surface area (Å²) in [7, 11) is 0. The number of halogens is 2. The molecule has 0 saturated carbocycles. The van der Waals surface area contributed by atoms with Crippen molar-refractivity contribution in [2.24, 2.45) is 0 Å². The number of rotatable bonds is 7. The van der Waals surface area contributed by atoms with Gasteiger partial charge in [0.15, 0.2) is 0 Å². The summed E-state index contributed by atoms with van der Waals surface area (Å²) in [4.78, 5) is 12.0. The van der Waals surface area contributed by atoms with E-state index >= 15 is 0 Å². The van der Waals surface area contributed by atoms with E-state index in [1.165, 1.54) is 18.2 Å². The maximum absolute atomic E-state index is 13.7. The molecule has 2 rings (SSSR count). The molecule has 1 aromatic carbocycles. The number of hydrogen-bond donors (Lipinski definition) is 2. The van der Waals surface area contributed by atoms with Gasteiger partial charge in [0.05, 0.1) is 10.6 Å². The third kappa shape index (κ3) is 4.29. The Balaban J connectivity index is 1.93. The highest BCUT2D eigenvalue weighted by Gasteiger charge is 2.16. The molecule has 3 nitrogen and oxygen atoms in total. The minimum absolute atomic E-state index is 0.0909. The topological polar surface area (TPSA) is 49.3 Å². The van der Waals surface area contributed by atoms with Crippen LogP contribution >= 0.6 is 22.9 Å². The van der Waals surface area contributed by atoms with Gasteiger partial charge in [-0.2, -0.15) is 11.3 Å². The molecule has 1 amide bonds. The molecule has 0 spiro atoms. The first kappa shape index (κ1) is 16.9. The van der Waals surface area contributed by atoms with E-state index in [0.29, 0.717) is 19.4 Å². The zero-order valence-corrected chi connectivity index (χ0v) is 13.5. The Bertz CT molecular complexity index is 598. The third-order valence-electron chi connectivity index (χ3n) is 3.46. The summed E-state index contributed by atoms with van der Waals surface area (Å²) in [5.74, 6) is -0.974. The second kappa shape index (κ2) is 8.27. The van der Waals surface area contributed by atoms with Crippen LogP contribution in [0.15, 0.2) is 35.0 Å². The van der Waals surface area contributed by atoms with Crippen LogP contribution in [0.4, 0.5) is 4.39 Å². The summed E-state index contributed by atoms with van der Waals surface area (Å²) in [6.07, 6.45) is 1.31. The molecular formula is C16H17ClFNO2S. The van der Waals surface area contributed by atoms with Crippen LogP contribution in [0.3, 0.4) is 0 Å². The van der Waals surface area contributed by atoms with Crippen molar-refractivity contribution in [3.05, 3.63) is 57.0 Å². The van der Waals surface area contributed by atoms with Gasteiger partial charge < -0.3 is 10.4 Å². The lowest BCUT2D eigenvalue weighted by Crippen LogP contribution is -2.27. The van der Waals surface area contributed by atoms with Gasteiger partial charge in [0, 0.05) is 13.2 Å². The number of nitrogens with one attached hydrogen (secondary N) is 1. The summed E-state index contributed by atoms with van der Waals surface area (Å²) in [5.41, 5.74) is 1.02. The number of benzene rings is 1. The van der Waals surface area contributed by atoms with Crippen LogP contribution in [0.25, 0.3) is 0 Å². The smallest absolute Gasteiger partial charge is 0.255 e. The molecule has 2 N–H and O–H groups in total. The molecule has 0 radical (unpaired) electrons. The highest BCUT2D eigenvalue weighted by atomic mass is 35.5. The van der Waals surface area contributed by atoms with Crippen molar-refractivity contribution in [1.29, 1.82) is 0 Å². The molecule has 2 aromatic rings. The summed E-state index contributed by atoms with van der Waals surface area (Å²) in [6.45, 7) is 0.484. The Morgan fingerprint density at radius 1 is 1.36 bits per heavy atom. The van der Waals surface area contributed by atoms with E-state index in [1.54, 1.807) is 11.3 Å². The number of aliphatic hydroxyl groups excluding tert-OH is 1. The SMILES string of the molecule is O=C(NCC[C@H](CCO)c1ccsc1)c1c(F)cccc1Cl. The van der Waals surface area contributed by atoms with E-state index in [2.05, 4.69) is 5.32 Å². The molecule has 1 aromatic heterocycles. The van der Waals surface area contributed by atoms with Gasteiger partial charge in [-0.05, 0) is 53.3 Å². The Hall–Kier alpha value is -1.43. The van der Waals surface area contributed by atoms with Crippen molar-refractivity contribution in [2.75, 3.05) is 13.2 Å². The lowest BCUT2D eigenvalue weighted by atomic mass is 9.95. The Morgan fingerprint density at radius 3 is 2.82 bits per heavy atom. The van der Waals surface area contributed by atoms with Crippen molar-refractivity contribution in [3.8, 4) is 0 Å². The molecule has 1 heterocycles. The van der Waals surface area contributed by atoms with Gasteiger partial charge in [-0.15, -0.1) is 0 Å². The summed E-state index contributed by atoms with van der Waals surface area (Å²) < 4.78 is 13.7. The molecule has 6 heteroatoms. The lowest BCUT2D eigenvalue weighted by Gasteiger charge is -2.15. The number of amides is 1. The Labute approximate surface area is 137 Å². The average molecular weight is 342 g/mol. The normalized spacial score (nSPS) is 12.1. The third-order valence-corrected chi connectivity index (χ3v) is 4.48.